The third-order valence-corrected chi connectivity index (χ3v) is 8.77. The molecule has 30 heavy (non-hydrogen) atoms. The minimum Gasteiger partial charge on any atom is -0.411 e. The van der Waals surface area contributed by atoms with Crippen LogP contribution in [0.5, 0.6) is 0 Å². The molecule has 0 radical (unpaired) electrons. The van der Waals surface area contributed by atoms with Crippen molar-refractivity contribution in [2.75, 3.05) is 45.8 Å². The van der Waals surface area contributed by atoms with Gasteiger partial charge < -0.3 is 14.2 Å². The van der Waals surface area contributed by atoms with Gasteiger partial charge in [-0.25, -0.2) is 8.42 Å². The lowest BCUT2D eigenvalue weighted by Crippen LogP contribution is -2.48. The normalized spacial score (nSPS) is 18.9. The zero-order valence-corrected chi connectivity index (χ0v) is 19.0. The van der Waals surface area contributed by atoms with E-state index >= 15 is 0 Å². The molecule has 9 nitrogen and oxygen atoms in total. The van der Waals surface area contributed by atoms with Gasteiger partial charge >= 0.3 is 11.8 Å². The molecule has 0 aliphatic carbocycles. The highest BCUT2D eigenvalue weighted by Gasteiger charge is 2.32. The van der Waals surface area contributed by atoms with E-state index in [1.165, 1.54) is 11.3 Å². The molecule has 2 fully saturated rings. The van der Waals surface area contributed by atoms with E-state index in [1.54, 1.807) is 22.2 Å². The largest absolute Gasteiger partial charge is 0.411 e. The second kappa shape index (κ2) is 8.74. The summed E-state index contributed by atoms with van der Waals surface area (Å²) in [5.41, 5.74) is 0. The Labute approximate surface area is 180 Å². The SMILES string of the molecule is CCCN1CCN(S(=O)(=O)c2cc(-c3nnc(C(=O)N4CCCC4)o3)sc2C)CC1. The van der Waals surface area contributed by atoms with Crippen molar-refractivity contribution in [1.82, 2.24) is 24.3 Å². The fourth-order valence-electron chi connectivity index (χ4n) is 3.94. The Balaban J connectivity index is 1.51. The standard InChI is InChI=1S/C19H27N5O4S2/c1-3-6-22-9-11-24(12-10-22)30(26,27)16-13-15(29-14(16)2)17-20-21-18(28-17)19(25)23-7-4-5-8-23/h13H,3-12H2,1-2H3. The highest BCUT2D eigenvalue weighted by molar-refractivity contribution is 7.89. The summed E-state index contributed by atoms with van der Waals surface area (Å²) in [5.74, 6) is -0.133. The minimum atomic E-state index is -3.59. The first-order valence-electron chi connectivity index (χ1n) is 10.4. The van der Waals surface area contributed by atoms with Gasteiger partial charge in [-0.2, -0.15) is 4.31 Å². The molecule has 0 spiro atoms. The van der Waals surface area contributed by atoms with Gasteiger partial charge in [0.05, 0.1) is 9.77 Å². The molecule has 1 amide bonds. The van der Waals surface area contributed by atoms with E-state index in [4.69, 9.17) is 4.42 Å². The van der Waals surface area contributed by atoms with E-state index in [0.717, 1.165) is 38.9 Å². The number of carbonyl (C=O) groups is 1. The number of aryl methyl sites for hydroxylation is 1. The molecule has 4 rings (SSSR count). The van der Waals surface area contributed by atoms with Crippen LogP contribution in [0.3, 0.4) is 0 Å². The first-order chi connectivity index (χ1) is 14.4. The first kappa shape index (κ1) is 21.4. The van der Waals surface area contributed by atoms with Gasteiger partial charge in [-0.15, -0.1) is 21.5 Å². The van der Waals surface area contributed by atoms with Crippen molar-refractivity contribution in [2.24, 2.45) is 0 Å². The molecule has 0 bridgehead atoms. The van der Waals surface area contributed by atoms with Crippen LogP contribution < -0.4 is 0 Å². The molecular formula is C19H27N5O4S2. The van der Waals surface area contributed by atoms with Gasteiger partial charge in [0.25, 0.3) is 5.89 Å². The van der Waals surface area contributed by atoms with Crippen LogP contribution in [0.4, 0.5) is 0 Å². The van der Waals surface area contributed by atoms with Crippen LogP contribution in [-0.2, 0) is 10.0 Å². The second-order valence-electron chi connectivity index (χ2n) is 7.69. The number of likely N-dealkylation sites (tertiary alicyclic amines) is 1. The summed E-state index contributed by atoms with van der Waals surface area (Å²) in [4.78, 5) is 17.9. The number of rotatable bonds is 6. The zero-order valence-electron chi connectivity index (χ0n) is 17.3. The Morgan fingerprint density at radius 3 is 2.50 bits per heavy atom. The Hall–Kier alpha value is -1.82. The van der Waals surface area contributed by atoms with Gasteiger partial charge in [0.1, 0.15) is 0 Å². The zero-order chi connectivity index (χ0) is 21.3. The Kier molecular flexibility index (Phi) is 6.24. The monoisotopic (exact) mass is 453 g/mol. The van der Waals surface area contributed by atoms with E-state index in [-0.39, 0.29) is 22.6 Å². The molecule has 2 aliphatic rings. The molecule has 4 heterocycles. The summed E-state index contributed by atoms with van der Waals surface area (Å²) in [6.07, 6.45) is 3.02. The maximum atomic E-state index is 13.2. The number of nitrogens with zero attached hydrogens (tertiary/aromatic N) is 5. The van der Waals surface area contributed by atoms with E-state index in [1.807, 2.05) is 0 Å². The summed E-state index contributed by atoms with van der Waals surface area (Å²) < 4.78 is 33.5. The van der Waals surface area contributed by atoms with Crippen LogP contribution in [0.25, 0.3) is 10.8 Å². The van der Waals surface area contributed by atoms with Crippen LogP contribution in [-0.4, -0.2) is 84.4 Å². The summed E-state index contributed by atoms with van der Waals surface area (Å²) in [7, 11) is -3.59. The number of sulfonamides is 1. The van der Waals surface area contributed by atoms with E-state index in [0.29, 0.717) is 35.9 Å². The molecule has 2 aromatic heterocycles. The maximum absolute atomic E-state index is 13.2. The highest BCUT2D eigenvalue weighted by atomic mass is 32.2. The second-order valence-corrected chi connectivity index (χ2v) is 10.9. The topological polar surface area (TPSA) is 99.8 Å². The van der Waals surface area contributed by atoms with Crippen molar-refractivity contribution in [3.8, 4) is 10.8 Å². The van der Waals surface area contributed by atoms with Crippen molar-refractivity contribution < 1.29 is 17.6 Å². The summed E-state index contributed by atoms with van der Waals surface area (Å²) in [6, 6.07) is 1.59. The number of hydrogen-bond acceptors (Lipinski definition) is 8. The molecule has 0 aromatic carbocycles. The highest BCUT2D eigenvalue weighted by Crippen LogP contribution is 2.34. The smallest absolute Gasteiger partial charge is 0.311 e. The Morgan fingerprint density at radius 2 is 1.83 bits per heavy atom. The summed E-state index contributed by atoms with van der Waals surface area (Å²) in [5, 5.41) is 7.88. The van der Waals surface area contributed by atoms with Crippen molar-refractivity contribution >= 4 is 27.3 Å². The quantitative estimate of drug-likeness (QED) is 0.660. The molecule has 2 aromatic rings. The molecule has 0 N–H and O–H groups in total. The predicted octanol–water partition coefficient (Wildman–Crippen LogP) is 2.06. The molecule has 2 saturated heterocycles. The van der Waals surface area contributed by atoms with Crippen molar-refractivity contribution in [3.05, 3.63) is 16.8 Å². The number of carbonyl (C=O) groups excluding carboxylic acids is 1. The molecule has 2 aliphatic heterocycles. The Morgan fingerprint density at radius 1 is 1.13 bits per heavy atom. The molecule has 0 saturated carbocycles. The molecule has 164 valence electrons. The predicted molar refractivity (Wildman–Crippen MR) is 113 cm³/mol. The van der Waals surface area contributed by atoms with E-state index in [2.05, 4.69) is 22.0 Å². The summed E-state index contributed by atoms with van der Waals surface area (Å²) >= 11 is 1.29. The number of amides is 1. The van der Waals surface area contributed by atoms with Crippen molar-refractivity contribution in [3.63, 3.8) is 0 Å². The van der Waals surface area contributed by atoms with Crippen LogP contribution in [0.1, 0.15) is 41.7 Å². The van der Waals surface area contributed by atoms with E-state index < -0.39 is 10.0 Å². The lowest BCUT2D eigenvalue weighted by atomic mass is 10.3. The third kappa shape index (κ3) is 4.16. The van der Waals surface area contributed by atoms with Crippen molar-refractivity contribution in [1.29, 1.82) is 0 Å². The Bertz CT molecular complexity index is 1000. The number of aromatic nitrogens is 2. The lowest BCUT2D eigenvalue weighted by Gasteiger charge is -2.33. The first-order valence-corrected chi connectivity index (χ1v) is 12.6. The van der Waals surface area contributed by atoms with Gasteiger partial charge in [-0.05, 0) is 38.8 Å². The number of thiophene rings is 1. The van der Waals surface area contributed by atoms with Gasteiger partial charge in [0, 0.05) is 44.1 Å². The molecule has 0 atom stereocenters. The van der Waals surface area contributed by atoms with Crippen molar-refractivity contribution in [2.45, 2.75) is 38.0 Å². The van der Waals surface area contributed by atoms with Gasteiger partial charge in [-0.3, -0.25) is 4.79 Å². The van der Waals surface area contributed by atoms with Crippen LogP contribution in [0.15, 0.2) is 15.4 Å². The van der Waals surface area contributed by atoms with Gasteiger partial charge in [0.15, 0.2) is 0 Å². The van der Waals surface area contributed by atoms with Gasteiger partial charge in [-0.1, -0.05) is 6.92 Å². The fraction of sp³-hybridized carbons (Fsp3) is 0.632. The van der Waals surface area contributed by atoms with Crippen LogP contribution >= 0.6 is 11.3 Å². The lowest BCUT2D eigenvalue weighted by molar-refractivity contribution is 0.0754. The average molecular weight is 454 g/mol. The third-order valence-electron chi connectivity index (χ3n) is 5.57. The van der Waals surface area contributed by atoms with Gasteiger partial charge in [0.2, 0.25) is 10.0 Å². The minimum absolute atomic E-state index is 0.0468. The van der Waals surface area contributed by atoms with Crippen LogP contribution in [0.2, 0.25) is 0 Å². The van der Waals surface area contributed by atoms with E-state index in [9.17, 15) is 13.2 Å². The molecule has 0 unspecified atom stereocenters. The molecule has 11 heteroatoms. The molecular weight excluding hydrogens is 426 g/mol. The number of hydrogen-bond donors (Lipinski definition) is 0. The average Bonchev–Trinajstić information content (AvgIpc) is 3.48. The fourth-order valence-corrected chi connectivity index (χ4v) is 6.84. The number of piperazine rings is 1. The van der Waals surface area contributed by atoms with Crippen LogP contribution in [0, 0.1) is 6.92 Å². The maximum Gasteiger partial charge on any atom is 0.311 e. The summed E-state index contributed by atoms with van der Waals surface area (Å²) in [6.45, 7) is 8.76.